The van der Waals surface area contributed by atoms with Gasteiger partial charge in [-0.05, 0) is 49.3 Å². The highest BCUT2D eigenvalue weighted by atomic mass is 79.9. The SMILES string of the molecule is CC1CC(CNC2CC2)(c2ccc(Br)cc2)C1. The van der Waals surface area contributed by atoms with Crippen molar-refractivity contribution in [2.24, 2.45) is 5.92 Å². The molecule has 0 spiro atoms. The predicted octanol–water partition coefficient (Wildman–Crippen LogP) is 3.87. The summed E-state index contributed by atoms with van der Waals surface area (Å²) in [4.78, 5) is 0. The minimum absolute atomic E-state index is 0.419. The second kappa shape index (κ2) is 4.40. The van der Waals surface area contributed by atoms with Gasteiger partial charge in [0, 0.05) is 22.5 Å². The van der Waals surface area contributed by atoms with E-state index in [2.05, 4.69) is 52.4 Å². The average molecular weight is 294 g/mol. The van der Waals surface area contributed by atoms with Crippen molar-refractivity contribution in [2.75, 3.05) is 6.54 Å². The van der Waals surface area contributed by atoms with Crippen molar-refractivity contribution in [3.8, 4) is 0 Å². The number of nitrogens with one attached hydrogen (secondary N) is 1. The molecule has 1 aromatic carbocycles. The summed E-state index contributed by atoms with van der Waals surface area (Å²) in [6.07, 6.45) is 5.45. The first-order valence-corrected chi connectivity index (χ1v) is 7.47. The topological polar surface area (TPSA) is 12.0 Å². The molecule has 0 unspecified atom stereocenters. The summed E-state index contributed by atoms with van der Waals surface area (Å²) in [5, 5.41) is 3.72. The molecule has 0 amide bonds. The smallest absolute Gasteiger partial charge is 0.0175 e. The summed E-state index contributed by atoms with van der Waals surface area (Å²) < 4.78 is 1.18. The molecule has 0 saturated heterocycles. The zero-order valence-electron chi connectivity index (χ0n) is 10.4. The lowest BCUT2D eigenvalue weighted by molar-refractivity contribution is 0.152. The monoisotopic (exact) mass is 293 g/mol. The van der Waals surface area contributed by atoms with Crippen molar-refractivity contribution in [1.82, 2.24) is 5.32 Å². The molecule has 17 heavy (non-hydrogen) atoms. The van der Waals surface area contributed by atoms with Crippen LogP contribution >= 0.6 is 15.9 Å². The van der Waals surface area contributed by atoms with Crippen LogP contribution in [0.2, 0.25) is 0 Å². The number of hydrogen-bond acceptors (Lipinski definition) is 1. The molecule has 1 N–H and O–H groups in total. The predicted molar refractivity (Wildman–Crippen MR) is 75.2 cm³/mol. The Morgan fingerprint density at radius 1 is 1.24 bits per heavy atom. The van der Waals surface area contributed by atoms with E-state index in [1.165, 1.54) is 42.3 Å². The van der Waals surface area contributed by atoms with Gasteiger partial charge in [0.25, 0.3) is 0 Å². The van der Waals surface area contributed by atoms with Crippen molar-refractivity contribution in [3.63, 3.8) is 0 Å². The molecule has 1 aromatic rings. The quantitative estimate of drug-likeness (QED) is 0.889. The maximum absolute atomic E-state index is 3.72. The molecule has 2 fully saturated rings. The van der Waals surface area contributed by atoms with Gasteiger partial charge >= 0.3 is 0 Å². The van der Waals surface area contributed by atoms with Gasteiger partial charge in [0.15, 0.2) is 0 Å². The first-order valence-electron chi connectivity index (χ1n) is 6.67. The maximum Gasteiger partial charge on any atom is 0.0175 e. The number of halogens is 1. The van der Waals surface area contributed by atoms with Crippen LogP contribution in [0.15, 0.2) is 28.7 Å². The fraction of sp³-hybridized carbons (Fsp3) is 0.600. The summed E-state index contributed by atoms with van der Waals surface area (Å²) >= 11 is 3.52. The Bertz CT molecular complexity index is 388. The van der Waals surface area contributed by atoms with Crippen LogP contribution < -0.4 is 5.32 Å². The molecule has 2 aliphatic carbocycles. The lowest BCUT2D eigenvalue weighted by Crippen LogP contribution is -2.48. The molecule has 1 nitrogen and oxygen atoms in total. The molecule has 2 heteroatoms. The number of rotatable bonds is 4. The van der Waals surface area contributed by atoms with E-state index in [0.29, 0.717) is 5.41 Å². The summed E-state index contributed by atoms with van der Waals surface area (Å²) in [5.74, 6) is 0.889. The van der Waals surface area contributed by atoms with E-state index >= 15 is 0 Å². The fourth-order valence-electron chi connectivity index (χ4n) is 3.19. The van der Waals surface area contributed by atoms with Crippen molar-refractivity contribution in [1.29, 1.82) is 0 Å². The summed E-state index contributed by atoms with van der Waals surface area (Å²) in [6, 6.07) is 9.77. The van der Waals surface area contributed by atoms with Crippen LogP contribution in [0.1, 0.15) is 38.2 Å². The van der Waals surface area contributed by atoms with Gasteiger partial charge < -0.3 is 5.32 Å². The number of benzene rings is 1. The van der Waals surface area contributed by atoms with E-state index in [1.807, 2.05) is 0 Å². The molecule has 92 valence electrons. The van der Waals surface area contributed by atoms with Gasteiger partial charge in [-0.15, -0.1) is 0 Å². The standard InChI is InChI=1S/C15H20BrN/c1-11-8-15(9-11,10-17-14-6-7-14)12-2-4-13(16)5-3-12/h2-5,11,14,17H,6-10H2,1H3. The molecule has 0 atom stereocenters. The highest BCUT2D eigenvalue weighted by Gasteiger charge is 2.43. The summed E-state index contributed by atoms with van der Waals surface area (Å²) in [5.41, 5.74) is 1.94. The lowest BCUT2D eigenvalue weighted by Gasteiger charge is -2.47. The maximum atomic E-state index is 3.72. The fourth-order valence-corrected chi connectivity index (χ4v) is 3.45. The third kappa shape index (κ3) is 2.43. The molecule has 2 aliphatic rings. The third-order valence-electron chi connectivity index (χ3n) is 4.24. The van der Waals surface area contributed by atoms with Gasteiger partial charge in [-0.3, -0.25) is 0 Å². The van der Waals surface area contributed by atoms with E-state index in [1.54, 1.807) is 0 Å². The van der Waals surface area contributed by atoms with Crippen LogP contribution in [-0.4, -0.2) is 12.6 Å². The average Bonchev–Trinajstić information content (AvgIpc) is 3.08. The number of hydrogen-bond donors (Lipinski definition) is 1. The minimum Gasteiger partial charge on any atom is -0.313 e. The molecule has 0 aliphatic heterocycles. The van der Waals surface area contributed by atoms with Crippen LogP contribution in [0.25, 0.3) is 0 Å². The Morgan fingerprint density at radius 3 is 2.41 bits per heavy atom. The molecule has 2 saturated carbocycles. The minimum atomic E-state index is 0.419. The van der Waals surface area contributed by atoms with E-state index in [0.717, 1.165) is 12.0 Å². The highest BCUT2D eigenvalue weighted by molar-refractivity contribution is 9.10. The largest absolute Gasteiger partial charge is 0.313 e. The Hall–Kier alpha value is -0.340. The molecular weight excluding hydrogens is 274 g/mol. The van der Waals surface area contributed by atoms with Crippen LogP contribution in [0.3, 0.4) is 0 Å². The Balaban J connectivity index is 1.75. The molecule has 0 bridgehead atoms. The first-order chi connectivity index (χ1) is 8.18. The van der Waals surface area contributed by atoms with Crippen LogP contribution in [0.5, 0.6) is 0 Å². The van der Waals surface area contributed by atoms with Crippen LogP contribution in [0, 0.1) is 5.92 Å². The van der Waals surface area contributed by atoms with Gasteiger partial charge in [-0.1, -0.05) is 35.0 Å². The normalized spacial score (nSPS) is 32.2. The first kappa shape index (κ1) is 11.7. The Kier molecular flexibility index (Phi) is 3.04. The summed E-state index contributed by atoms with van der Waals surface area (Å²) in [6.45, 7) is 3.54. The van der Waals surface area contributed by atoms with Gasteiger partial charge in [-0.2, -0.15) is 0 Å². The summed E-state index contributed by atoms with van der Waals surface area (Å²) in [7, 11) is 0. The zero-order chi connectivity index (χ0) is 11.9. The van der Waals surface area contributed by atoms with Crippen LogP contribution in [-0.2, 0) is 5.41 Å². The van der Waals surface area contributed by atoms with Gasteiger partial charge in [-0.25, -0.2) is 0 Å². The highest BCUT2D eigenvalue weighted by Crippen LogP contribution is 2.47. The lowest BCUT2D eigenvalue weighted by atomic mass is 9.59. The van der Waals surface area contributed by atoms with Gasteiger partial charge in [0.05, 0.1) is 0 Å². The molecule has 3 rings (SSSR count). The van der Waals surface area contributed by atoms with E-state index in [-0.39, 0.29) is 0 Å². The molecule has 0 aromatic heterocycles. The van der Waals surface area contributed by atoms with E-state index < -0.39 is 0 Å². The molecule has 0 heterocycles. The van der Waals surface area contributed by atoms with Crippen molar-refractivity contribution in [2.45, 2.75) is 44.1 Å². The van der Waals surface area contributed by atoms with E-state index in [9.17, 15) is 0 Å². The van der Waals surface area contributed by atoms with Crippen molar-refractivity contribution < 1.29 is 0 Å². The van der Waals surface area contributed by atoms with Gasteiger partial charge in [0.1, 0.15) is 0 Å². The second-order valence-corrected chi connectivity index (χ2v) is 6.87. The van der Waals surface area contributed by atoms with Crippen molar-refractivity contribution >= 4 is 15.9 Å². The van der Waals surface area contributed by atoms with Gasteiger partial charge in [0.2, 0.25) is 0 Å². The second-order valence-electron chi connectivity index (χ2n) is 5.96. The molecule has 0 radical (unpaired) electrons. The van der Waals surface area contributed by atoms with Crippen molar-refractivity contribution in [3.05, 3.63) is 34.3 Å². The Morgan fingerprint density at radius 2 is 1.88 bits per heavy atom. The van der Waals surface area contributed by atoms with Crippen LogP contribution in [0.4, 0.5) is 0 Å². The van der Waals surface area contributed by atoms with E-state index in [4.69, 9.17) is 0 Å². The zero-order valence-corrected chi connectivity index (χ0v) is 12.0. The third-order valence-corrected chi connectivity index (χ3v) is 4.77. The molecular formula is C15H20BrN. The Labute approximate surface area is 112 Å².